The number of aliphatic hydroxyl groups excluding tert-OH is 2. The first-order chi connectivity index (χ1) is 14.4. The summed E-state index contributed by atoms with van der Waals surface area (Å²) in [6.07, 6.45) is -0.630. The van der Waals surface area contributed by atoms with E-state index >= 15 is 0 Å². The Bertz CT molecular complexity index is 977. The molecule has 3 N–H and O–H groups in total. The van der Waals surface area contributed by atoms with Crippen LogP contribution in [0.2, 0.25) is 0 Å². The summed E-state index contributed by atoms with van der Waals surface area (Å²) < 4.78 is 26.5. The highest BCUT2D eigenvalue weighted by molar-refractivity contribution is 5.54. The number of hydrogen-bond donors (Lipinski definition) is 3. The van der Waals surface area contributed by atoms with Crippen LogP contribution < -0.4 is 4.90 Å². The minimum atomic E-state index is -0.797. The van der Waals surface area contributed by atoms with Crippen LogP contribution in [0.15, 0.2) is 72.8 Å². The topological polar surface area (TPSA) is 63.9 Å². The number of benzene rings is 3. The van der Waals surface area contributed by atoms with Gasteiger partial charge in [-0.3, -0.25) is 0 Å². The molecule has 1 saturated heterocycles. The molecule has 0 amide bonds. The minimum Gasteiger partial charge on any atom is -0.508 e. The number of halogens is 2. The van der Waals surface area contributed by atoms with Crippen molar-refractivity contribution < 1.29 is 24.1 Å². The first-order valence-electron chi connectivity index (χ1n) is 9.88. The molecular weight excluding hydrogens is 388 g/mol. The Balaban J connectivity index is 1.54. The Morgan fingerprint density at radius 1 is 0.833 bits per heavy atom. The van der Waals surface area contributed by atoms with E-state index in [1.165, 1.54) is 24.3 Å². The summed E-state index contributed by atoms with van der Waals surface area (Å²) in [5, 5.41) is 30.9. The fourth-order valence-electron chi connectivity index (χ4n) is 4.15. The van der Waals surface area contributed by atoms with Gasteiger partial charge in [0, 0.05) is 11.6 Å². The number of rotatable bonds is 6. The molecular formula is C24H23F2NO3. The maximum Gasteiger partial charge on any atom is 0.132 e. The van der Waals surface area contributed by atoms with Gasteiger partial charge in [0.1, 0.15) is 23.6 Å². The summed E-state index contributed by atoms with van der Waals surface area (Å²) in [4.78, 5) is 1.81. The molecule has 3 aromatic carbocycles. The average molecular weight is 411 g/mol. The first kappa shape index (κ1) is 20.3. The fourth-order valence-corrected chi connectivity index (χ4v) is 4.15. The van der Waals surface area contributed by atoms with Gasteiger partial charge >= 0.3 is 0 Å². The molecule has 30 heavy (non-hydrogen) atoms. The van der Waals surface area contributed by atoms with E-state index in [0.717, 1.165) is 5.56 Å². The monoisotopic (exact) mass is 411 g/mol. The van der Waals surface area contributed by atoms with Crippen molar-refractivity contribution >= 4 is 5.69 Å². The highest BCUT2D eigenvalue weighted by atomic mass is 19.1. The van der Waals surface area contributed by atoms with Crippen molar-refractivity contribution in [1.29, 1.82) is 0 Å². The van der Waals surface area contributed by atoms with Crippen molar-refractivity contribution in [3.8, 4) is 5.75 Å². The summed E-state index contributed by atoms with van der Waals surface area (Å²) in [5.41, 5.74) is 2.22. The highest BCUT2D eigenvalue weighted by Gasteiger charge is 2.48. The van der Waals surface area contributed by atoms with E-state index in [9.17, 15) is 24.1 Å². The van der Waals surface area contributed by atoms with Crippen molar-refractivity contribution in [3.05, 3.63) is 95.6 Å². The lowest BCUT2D eigenvalue weighted by Gasteiger charge is -2.54. The summed E-state index contributed by atoms with van der Waals surface area (Å²) in [7, 11) is 0. The molecule has 0 spiro atoms. The number of anilines is 1. The van der Waals surface area contributed by atoms with Crippen molar-refractivity contribution in [2.24, 2.45) is 5.92 Å². The van der Waals surface area contributed by atoms with Crippen LogP contribution in [0.25, 0.3) is 0 Å². The van der Waals surface area contributed by atoms with E-state index in [0.29, 0.717) is 24.1 Å². The van der Waals surface area contributed by atoms with E-state index in [2.05, 4.69) is 0 Å². The summed E-state index contributed by atoms with van der Waals surface area (Å²) in [5.74, 6) is -0.735. The molecule has 4 atom stereocenters. The molecule has 0 bridgehead atoms. The number of hydrogen-bond acceptors (Lipinski definition) is 4. The summed E-state index contributed by atoms with van der Waals surface area (Å²) in [6.45, 7) is 0. The van der Waals surface area contributed by atoms with Gasteiger partial charge in [-0.05, 0) is 72.5 Å². The second-order valence-electron chi connectivity index (χ2n) is 7.64. The van der Waals surface area contributed by atoms with Crippen LogP contribution >= 0.6 is 0 Å². The van der Waals surface area contributed by atoms with E-state index in [1.807, 2.05) is 0 Å². The predicted octanol–water partition coefficient (Wildman–Crippen LogP) is 4.68. The van der Waals surface area contributed by atoms with Gasteiger partial charge in [0.2, 0.25) is 0 Å². The minimum absolute atomic E-state index is 0.148. The van der Waals surface area contributed by atoms with Gasteiger partial charge in [-0.15, -0.1) is 0 Å². The Kier molecular flexibility index (Phi) is 5.70. The van der Waals surface area contributed by atoms with Crippen LogP contribution in [0.3, 0.4) is 0 Å². The van der Waals surface area contributed by atoms with Gasteiger partial charge in [-0.25, -0.2) is 8.78 Å². The van der Waals surface area contributed by atoms with Gasteiger partial charge in [-0.1, -0.05) is 24.3 Å². The predicted molar refractivity (Wildman–Crippen MR) is 110 cm³/mol. The van der Waals surface area contributed by atoms with Gasteiger partial charge in [-0.2, -0.15) is 0 Å². The quantitative estimate of drug-likeness (QED) is 0.551. The van der Waals surface area contributed by atoms with Crippen molar-refractivity contribution in [2.45, 2.75) is 31.2 Å². The second-order valence-corrected chi connectivity index (χ2v) is 7.64. The van der Waals surface area contributed by atoms with E-state index in [4.69, 9.17) is 0 Å². The molecule has 3 aromatic rings. The number of phenols is 1. The second kappa shape index (κ2) is 8.42. The molecule has 4 nitrogen and oxygen atoms in total. The van der Waals surface area contributed by atoms with Gasteiger partial charge < -0.3 is 20.2 Å². The molecule has 1 heterocycles. The molecule has 4 rings (SSSR count). The molecule has 6 heteroatoms. The van der Waals surface area contributed by atoms with Crippen molar-refractivity contribution in [1.82, 2.24) is 0 Å². The van der Waals surface area contributed by atoms with E-state index in [1.54, 1.807) is 53.4 Å². The van der Waals surface area contributed by atoms with Crippen LogP contribution in [0.1, 0.15) is 36.1 Å². The van der Waals surface area contributed by atoms with Crippen LogP contribution in [-0.4, -0.2) is 21.5 Å². The van der Waals surface area contributed by atoms with Crippen LogP contribution in [0.4, 0.5) is 14.5 Å². The van der Waals surface area contributed by atoms with Gasteiger partial charge in [0.25, 0.3) is 0 Å². The third kappa shape index (κ3) is 4.01. The van der Waals surface area contributed by atoms with E-state index < -0.39 is 12.3 Å². The molecule has 0 aliphatic carbocycles. The van der Waals surface area contributed by atoms with Gasteiger partial charge in [0.15, 0.2) is 0 Å². The Labute approximate surface area is 173 Å². The summed E-state index contributed by atoms with van der Waals surface area (Å²) in [6, 6.07) is 18.3. The normalized spacial score (nSPS) is 21.9. The zero-order chi connectivity index (χ0) is 21.3. The van der Waals surface area contributed by atoms with Crippen molar-refractivity contribution in [2.75, 3.05) is 4.90 Å². The molecule has 0 saturated carbocycles. The number of nitrogens with zero attached hydrogens (tertiary/aromatic N) is 1. The average Bonchev–Trinajstić information content (AvgIpc) is 2.74. The zero-order valence-electron chi connectivity index (χ0n) is 16.2. The zero-order valence-corrected chi connectivity index (χ0v) is 16.2. The largest absolute Gasteiger partial charge is 0.508 e. The SMILES string of the molecule is Oc1ccc(C2C(CCC(O)c3ccc(F)cc3)C(O)N2c2ccc(F)cc2)cc1. The standard InChI is InChI=1S/C24H23F2NO3/c25-17-5-1-15(2-6-17)22(29)14-13-21-23(16-3-11-20(28)12-4-16)27(24(21)30)19-9-7-18(26)8-10-19/h1-12,21-24,28-30H,13-14H2. The molecule has 1 aliphatic heterocycles. The molecule has 0 radical (unpaired) electrons. The lowest BCUT2D eigenvalue weighted by atomic mass is 9.77. The van der Waals surface area contributed by atoms with Crippen LogP contribution in [0.5, 0.6) is 5.75 Å². The molecule has 1 aliphatic rings. The maximum atomic E-state index is 13.3. The number of phenolic OH excluding ortho intramolecular Hbond substituents is 1. The van der Waals surface area contributed by atoms with Crippen LogP contribution in [0, 0.1) is 17.6 Å². The lowest BCUT2D eigenvalue weighted by Crippen LogP contribution is -2.58. The number of aliphatic hydroxyl groups is 2. The third-order valence-electron chi connectivity index (χ3n) is 5.76. The molecule has 4 unspecified atom stereocenters. The molecule has 1 fully saturated rings. The fraction of sp³-hybridized carbons (Fsp3) is 0.250. The van der Waals surface area contributed by atoms with Crippen molar-refractivity contribution in [3.63, 3.8) is 0 Å². The lowest BCUT2D eigenvalue weighted by molar-refractivity contribution is -0.00681. The first-order valence-corrected chi connectivity index (χ1v) is 9.88. The summed E-state index contributed by atoms with van der Waals surface area (Å²) >= 11 is 0. The Morgan fingerprint density at radius 2 is 1.40 bits per heavy atom. The Hall–Kier alpha value is -2.96. The highest BCUT2D eigenvalue weighted by Crippen LogP contribution is 2.49. The Morgan fingerprint density at radius 3 is 2.00 bits per heavy atom. The van der Waals surface area contributed by atoms with Crippen LogP contribution in [-0.2, 0) is 0 Å². The maximum absolute atomic E-state index is 13.3. The van der Waals surface area contributed by atoms with Gasteiger partial charge in [0.05, 0.1) is 12.1 Å². The molecule has 0 aromatic heterocycles. The third-order valence-corrected chi connectivity index (χ3v) is 5.76. The van der Waals surface area contributed by atoms with E-state index in [-0.39, 0.29) is 29.3 Å². The molecule has 156 valence electrons. The smallest absolute Gasteiger partial charge is 0.132 e. The number of aromatic hydroxyl groups is 1.